The SMILES string of the molecule is CCC(=O)NCCCNC(=O)c1nc2ccccc2c(=O)[nH]1. The number of nitrogens with one attached hydrogen (secondary N) is 3. The van der Waals surface area contributed by atoms with Gasteiger partial charge < -0.3 is 15.6 Å². The highest BCUT2D eigenvalue weighted by atomic mass is 16.2. The van der Waals surface area contributed by atoms with Crippen LogP contribution in [0.25, 0.3) is 10.9 Å². The van der Waals surface area contributed by atoms with Crippen molar-refractivity contribution in [1.29, 1.82) is 0 Å². The standard InChI is InChI=1S/C15H18N4O3/c1-2-12(20)16-8-5-9-17-15(22)13-18-11-7-4-3-6-10(11)14(21)19-13/h3-4,6-7H,2,5,8-9H2,1H3,(H,16,20)(H,17,22)(H,18,19,21). The summed E-state index contributed by atoms with van der Waals surface area (Å²) in [4.78, 5) is 41.5. The number of aromatic nitrogens is 2. The van der Waals surface area contributed by atoms with E-state index in [0.717, 1.165) is 0 Å². The maximum absolute atomic E-state index is 12.0. The summed E-state index contributed by atoms with van der Waals surface area (Å²) in [5.41, 5.74) is 0.137. The molecule has 2 rings (SSSR count). The van der Waals surface area contributed by atoms with Gasteiger partial charge in [-0.25, -0.2) is 4.98 Å². The van der Waals surface area contributed by atoms with E-state index in [1.807, 2.05) is 0 Å². The third-order valence-corrected chi connectivity index (χ3v) is 3.11. The van der Waals surface area contributed by atoms with Gasteiger partial charge >= 0.3 is 0 Å². The first-order valence-electron chi connectivity index (χ1n) is 7.15. The van der Waals surface area contributed by atoms with Crippen molar-refractivity contribution >= 4 is 22.7 Å². The molecule has 116 valence electrons. The minimum atomic E-state index is -0.440. The second kappa shape index (κ2) is 7.35. The van der Waals surface area contributed by atoms with Crippen LogP contribution in [0, 0.1) is 0 Å². The smallest absolute Gasteiger partial charge is 0.287 e. The molecule has 2 aromatic rings. The highest BCUT2D eigenvalue weighted by Crippen LogP contribution is 2.05. The Morgan fingerprint density at radius 1 is 1.18 bits per heavy atom. The Morgan fingerprint density at radius 3 is 2.68 bits per heavy atom. The summed E-state index contributed by atoms with van der Waals surface area (Å²) in [6.07, 6.45) is 1.05. The van der Waals surface area contributed by atoms with E-state index in [1.54, 1.807) is 31.2 Å². The van der Waals surface area contributed by atoms with Gasteiger partial charge in [0.25, 0.3) is 11.5 Å². The molecule has 0 aliphatic heterocycles. The summed E-state index contributed by atoms with van der Waals surface area (Å²) in [6.45, 7) is 2.66. The van der Waals surface area contributed by atoms with Gasteiger partial charge in [-0.05, 0) is 18.6 Å². The van der Waals surface area contributed by atoms with Gasteiger partial charge in [0.2, 0.25) is 5.91 Å². The average molecular weight is 302 g/mol. The number of aromatic amines is 1. The average Bonchev–Trinajstić information content (AvgIpc) is 2.54. The van der Waals surface area contributed by atoms with Gasteiger partial charge in [0.1, 0.15) is 0 Å². The first-order chi connectivity index (χ1) is 10.6. The Balaban J connectivity index is 1.93. The Labute approximate surface area is 127 Å². The number of hydrogen-bond acceptors (Lipinski definition) is 4. The number of hydrogen-bond donors (Lipinski definition) is 3. The van der Waals surface area contributed by atoms with E-state index < -0.39 is 5.91 Å². The summed E-state index contributed by atoms with van der Waals surface area (Å²) in [6, 6.07) is 6.83. The molecule has 7 nitrogen and oxygen atoms in total. The van der Waals surface area contributed by atoms with Crippen LogP contribution in [-0.2, 0) is 4.79 Å². The molecule has 0 aliphatic carbocycles. The van der Waals surface area contributed by atoms with Gasteiger partial charge in [-0.3, -0.25) is 14.4 Å². The number of nitrogens with zero attached hydrogens (tertiary/aromatic N) is 1. The summed E-state index contributed by atoms with van der Waals surface area (Å²) < 4.78 is 0. The van der Waals surface area contributed by atoms with Gasteiger partial charge in [0, 0.05) is 19.5 Å². The monoisotopic (exact) mass is 302 g/mol. The second-order valence-corrected chi connectivity index (χ2v) is 4.74. The molecule has 0 saturated carbocycles. The molecule has 1 aromatic carbocycles. The van der Waals surface area contributed by atoms with Crippen LogP contribution in [0.1, 0.15) is 30.4 Å². The second-order valence-electron chi connectivity index (χ2n) is 4.74. The molecule has 0 spiro atoms. The molecule has 0 radical (unpaired) electrons. The molecule has 1 heterocycles. The lowest BCUT2D eigenvalue weighted by atomic mass is 10.2. The summed E-state index contributed by atoms with van der Waals surface area (Å²) in [7, 11) is 0. The number of carbonyl (C=O) groups excluding carboxylic acids is 2. The lowest BCUT2D eigenvalue weighted by Crippen LogP contribution is -2.31. The van der Waals surface area contributed by atoms with Crippen LogP contribution in [0.5, 0.6) is 0 Å². The van der Waals surface area contributed by atoms with E-state index in [4.69, 9.17) is 0 Å². The van der Waals surface area contributed by atoms with Gasteiger partial charge in [-0.1, -0.05) is 19.1 Å². The normalized spacial score (nSPS) is 10.4. The summed E-state index contributed by atoms with van der Waals surface area (Å²) in [5, 5.41) is 5.82. The topological polar surface area (TPSA) is 104 Å². The number of H-pyrrole nitrogens is 1. The minimum Gasteiger partial charge on any atom is -0.356 e. The summed E-state index contributed by atoms with van der Waals surface area (Å²) in [5.74, 6) is -0.474. The number of rotatable bonds is 6. The fraction of sp³-hybridized carbons (Fsp3) is 0.333. The van der Waals surface area contributed by atoms with Crippen molar-refractivity contribution < 1.29 is 9.59 Å². The largest absolute Gasteiger partial charge is 0.356 e. The van der Waals surface area contributed by atoms with E-state index in [-0.39, 0.29) is 17.3 Å². The Bertz CT molecular complexity index is 739. The fourth-order valence-corrected chi connectivity index (χ4v) is 1.92. The van der Waals surface area contributed by atoms with Gasteiger partial charge in [0.15, 0.2) is 5.82 Å². The third kappa shape index (κ3) is 3.91. The molecule has 7 heteroatoms. The number of para-hydroxylation sites is 1. The van der Waals surface area contributed by atoms with Crippen molar-refractivity contribution in [3.63, 3.8) is 0 Å². The molecule has 0 bridgehead atoms. The molecule has 22 heavy (non-hydrogen) atoms. The highest BCUT2D eigenvalue weighted by Gasteiger charge is 2.10. The predicted octanol–water partition coefficient (Wildman–Crippen LogP) is 0.569. The quantitative estimate of drug-likeness (QED) is 0.678. The van der Waals surface area contributed by atoms with Gasteiger partial charge in [-0.15, -0.1) is 0 Å². The molecule has 0 unspecified atom stereocenters. The zero-order valence-electron chi connectivity index (χ0n) is 12.3. The van der Waals surface area contributed by atoms with Crippen molar-refractivity contribution in [3.8, 4) is 0 Å². The van der Waals surface area contributed by atoms with Crippen molar-refractivity contribution in [1.82, 2.24) is 20.6 Å². The molecule has 0 aliphatic rings. The van der Waals surface area contributed by atoms with Crippen molar-refractivity contribution in [2.45, 2.75) is 19.8 Å². The van der Waals surface area contributed by atoms with Gasteiger partial charge in [0.05, 0.1) is 10.9 Å². The zero-order chi connectivity index (χ0) is 15.9. The maximum Gasteiger partial charge on any atom is 0.287 e. The maximum atomic E-state index is 12.0. The molecule has 0 saturated heterocycles. The Hall–Kier alpha value is -2.70. The third-order valence-electron chi connectivity index (χ3n) is 3.11. The van der Waals surface area contributed by atoms with Gasteiger partial charge in [-0.2, -0.15) is 0 Å². The van der Waals surface area contributed by atoms with E-state index in [2.05, 4.69) is 20.6 Å². The summed E-state index contributed by atoms with van der Waals surface area (Å²) >= 11 is 0. The van der Waals surface area contributed by atoms with Crippen LogP contribution in [0.2, 0.25) is 0 Å². The molecular weight excluding hydrogens is 284 g/mol. The van der Waals surface area contributed by atoms with E-state index in [0.29, 0.717) is 36.8 Å². The number of carbonyl (C=O) groups is 2. The van der Waals surface area contributed by atoms with E-state index in [1.165, 1.54) is 0 Å². The molecule has 0 atom stereocenters. The first-order valence-corrected chi connectivity index (χ1v) is 7.15. The Morgan fingerprint density at radius 2 is 1.91 bits per heavy atom. The van der Waals surface area contributed by atoms with Crippen molar-refractivity contribution in [2.24, 2.45) is 0 Å². The van der Waals surface area contributed by atoms with Crippen molar-refractivity contribution in [2.75, 3.05) is 13.1 Å². The molecule has 3 N–H and O–H groups in total. The van der Waals surface area contributed by atoms with Crippen LogP contribution < -0.4 is 16.2 Å². The molecule has 2 amide bonds. The lowest BCUT2D eigenvalue weighted by Gasteiger charge is -2.06. The molecule has 1 aromatic heterocycles. The number of benzene rings is 1. The van der Waals surface area contributed by atoms with Crippen LogP contribution >= 0.6 is 0 Å². The van der Waals surface area contributed by atoms with Crippen LogP contribution in [0.15, 0.2) is 29.1 Å². The van der Waals surface area contributed by atoms with Crippen LogP contribution in [0.4, 0.5) is 0 Å². The Kier molecular flexibility index (Phi) is 5.24. The van der Waals surface area contributed by atoms with Crippen LogP contribution in [-0.4, -0.2) is 34.9 Å². The molecular formula is C15H18N4O3. The lowest BCUT2D eigenvalue weighted by molar-refractivity contribution is -0.120. The number of amides is 2. The molecule has 0 fully saturated rings. The van der Waals surface area contributed by atoms with E-state index in [9.17, 15) is 14.4 Å². The highest BCUT2D eigenvalue weighted by molar-refractivity contribution is 5.92. The number of fused-ring (bicyclic) bond motifs is 1. The van der Waals surface area contributed by atoms with E-state index >= 15 is 0 Å². The van der Waals surface area contributed by atoms with Crippen LogP contribution in [0.3, 0.4) is 0 Å². The predicted molar refractivity (Wildman–Crippen MR) is 82.6 cm³/mol. The van der Waals surface area contributed by atoms with Crippen molar-refractivity contribution in [3.05, 3.63) is 40.4 Å². The first kappa shape index (κ1) is 15.7. The zero-order valence-corrected chi connectivity index (χ0v) is 12.3. The fourth-order valence-electron chi connectivity index (χ4n) is 1.92. The minimum absolute atomic E-state index is 0.0127.